The van der Waals surface area contributed by atoms with Gasteiger partial charge >= 0.3 is 0 Å². The first-order valence-electron chi connectivity index (χ1n) is 3.25. The van der Waals surface area contributed by atoms with Gasteiger partial charge in [0.25, 0.3) is 0 Å². The summed E-state index contributed by atoms with van der Waals surface area (Å²) in [7, 11) is 0. The number of aromatic nitrogens is 2. The molecule has 0 unspecified atom stereocenters. The number of rotatable bonds is 3. The zero-order valence-corrected chi connectivity index (χ0v) is 6.84. The second-order valence-electron chi connectivity index (χ2n) is 1.88. The molecule has 2 nitrogen and oxygen atoms in total. The monoisotopic (exact) mass is 164 g/mol. The summed E-state index contributed by atoms with van der Waals surface area (Å²) in [4.78, 5) is 8.83. The van der Waals surface area contributed by atoms with Gasteiger partial charge in [-0.15, -0.1) is 24.1 Å². The van der Waals surface area contributed by atoms with Crippen LogP contribution in [0.1, 0.15) is 6.42 Å². The van der Waals surface area contributed by atoms with Gasteiger partial charge in [0.05, 0.1) is 0 Å². The third-order valence-electron chi connectivity index (χ3n) is 1.05. The molecule has 0 aromatic carbocycles. The lowest BCUT2D eigenvalue weighted by molar-refractivity contribution is 1.10. The van der Waals surface area contributed by atoms with E-state index in [2.05, 4.69) is 15.9 Å². The lowest BCUT2D eigenvalue weighted by atomic mass is 10.5. The second kappa shape index (κ2) is 4.75. The van der Waals surface area contributed by atoms with Crippen molar-refractivity contribution >= 4 is 11.8 Å². The molecule has 0 bridgehead atoms. The zero-order chi connectivity index (χ0) is 7.94. The van der Waals surface area contributed by atoms with Crippen LogP contribution >= 0.6 is 11.8 Å². The zero-order valence-electron chi connectivity index (χ0n) is 6.03. The second-order valence-corrected chi connectivity index (χ2v) is 3.05. The number of terminal acetylenes is 1. The first-order valence-corrected chi connectivity index (χ1v) is 4.23. The number of hydrogen-bond donors (Lipinski definition) is 0. The van der Waals surface area contributed by atoms with E-state index in [4.69, 9.17) is 6.42 Å². The average Bonchev–Trinajstić information content (AvgIpc) is 2.07. The third kappa shape index (κ3) is 3.06. The summed E-state index contributed by atoms with van der Waals surface area (Å²) >= 11 is 1.68. The molecule has 1 aromatic rings. The van der Waals surface area contributed by atoms with Crippen LogP contribution in [-0.4, -0.2) is 15.7 Å². The highest BCUT2D eigenvalue weighted by Gasteiger charge is 1.90. The van der Waals surface area contributed by atoms with Gasteiger partial charge in [-0.05, 0) is 0 Å². The van der Waals surface area contributed by atoms with Crippen LogP contribution in [0.15, 0.2) is 23.6 Å². The molecule has 0 spiro atoms. The summed E-state index contributed by atoms with van der Waals surface area (Å²) in [6.45, 7) is 0. The molecule has 11 heavy (non-hydrogen) atoms. The van der Waals surface area contributed by atoms with Gasteiger partial charge in [0.15, 0.2) is 0 Å². The van der Waals surface area contributed by atoms with Gasteiger partial charge in [-0.25, -0.2) is 9.97 Å². The Labute approximate surface area is 70.5 Å². The molecule has 0 radical (unpaired) electrons. The summed E-state index contributed by atoms with van der Waals surface area (Å²) in [5.74, 6) is 3.51. The topological polar surface area (TPSA) is 25.8 Å². The Balaban J connectivity index is 2.35. The number of thioether (sulfide) groups is 1. The first-order chi connectivity index (χ1) is 5.43. The van der Waals surface area contributed by atoms with E-state index in [1.165, 1.54) is 6.33 Å². The van der Waals surface area contributed by atoms with Gasteiger partial charge in [-0.3, -0.25) is 0 Å². The molecule has 0 saturated carbocycles. The van der Waals surface area contributed by atoms with Crippen molar-refractivity contribution in [2.45, 2.75) is 11.3 Å². The van der Waals surface area contributed by atoms with E-state index in [1.807, 2.05) is 0 Å². The normalized spacial score (nSPS) is 9.00. The summed E-state index contributed by atoms with van der Waals surface area (Å²) in [6, 6.07) is 0. The Kier molecular flexibility index (Phi) is 3.49. The summed E-state index contributed by atoms with van der Waals surface area (Å²) in [6.07, 6.45) is 11.0. The maximum atomic E-state index is 5.10. The molecule has 0 N–H and O–H groups in total. The lowest BCUT2D eigenvalue weighted by Gasteiger charge is -1.94. The molecule has 0 aliphatic heterocycles. The van der Waals surface area contributed by atoms with Crippen molar-refractivity contribution in [3.63, 3.8) is 0 Å². The fourth-order valence-corrected chi connectivity index (χ4v) is 1.31. The number of hydrogen-bond acceptors (Lipinski definition) is 3. The van der Waals surface area contributed by atoms with E-state index in [0.29, 0.717) is 0 Å². The molecule has 1 heterocycles. The molecule has 1 rings (SSSR count). The van der Waals surface area contributed by atoms with Crippen molar-refractivity contribution in [2.24, 2.45) is 0 Å². The lowest BCUT2D eigenvalue weighted by Crippen LogP contribution is -1.80. The van der Waals surface area contributed by atoms with Crippen LogP contribution < -0.4 is 0 Å². The van der Waals surface area contributed by atoms with Gasteiger partial charge in [0.2, 0.25) is 0 Å². The Morgan fingerprint density at radius 2 is 2.18 bits per heavy atom. The van der Waals surface area contributed by atoms with E-state index in [-0.39, 0.29) is 0 Å². The van der Waals surface area contributed by atoms with Crippen molar-refractivity contribution in [3.8, 4) is 12.3 Å². The van der Waals surface area contributed by atoms with Crippen LogP contribution in [0.5, 0.6) is 0 Å². The van der Waals surface area contributed by atoms with E-state index in [9.17, 15) is 0 Å². The maximum absolute atomic E-state index is 5.10. The van der Waals surface area contributed by atoms with Gasteiger partial charge in [0, 0.05) is 29.5 Å². The predicted molar refractivity (Wildman–Crippen MR) is 46.2 cm³/mol. The maximum Gasteiger partial charge on any atom is 0.115 e. The molecular weight excluding hydrogens is 156 g/mol. The van der Waals surface area contributed by atoms with Gasteiger partial charge in [0.1, 0.15) is 6.33 Å². The van der Waals surface area contributed by atoms with E-state index >= 15 is 0 Å². The summed E-state index contributed by atoms with van der Waals surface area (Å²) < 4.78 is 0. The minimum atomic E-state index is 0.791. The van der Waals surface area contributed by atoms with Crippen LogP contribution in [0.4, 0.5) is 0 Å². The largest absolute Gasteiger partial charge is 0.244 e. The third-order valence-corrected chi connectivity index (χ3v) is 2.00. The van der Waals surface area contributed by atoms with E-state index < -0.39 is 0 Å². The quantitative estimate of drug-likeness (QED) is 0.385. The van der Waals surface area contributed by atoms with E-state index in [1.54, 1.807) is 24.2 Å². The Morgan fingerprint density at radius 3 is 2.82 bits per heavy atom. The molecule has 0 aliphatic carbocycles. The highest BCUT2D eigenvalue weighted by Crippen LogP contribution is 2.14. The van der Waals surface area contributed by atoms with Crippen molar-refractivity contribution in [3.05, 3.63) is 18.7 Å². The molecule has 56 valence electrons. The smallest absolute Gasteiger partial charge is 0.115 e. The van der Waals surface area contributed by atoms with Crippen molar-refractivity contribution in [2.75, 3.05) is 5.75 Å². The highest BCUT2D eigenvalue weighted by atomic mass is 32.2. The minimum Gasteiger partial charge on any atom is -0.244 e. The van der Waals surface area contributed by atoms with Crippen LogP contribution in [0.25, 0.3) is 0 Å². The molecular formula is C8H8N2S. The Hall–Kier alpha value is -1.01. The van der Waals surface area contributed by atoms with Crippen molar-refractivity contribution in [1.82, 2.24) is 9.97 Å². The van der Waals surface area contributed by atoms with Gasteiger partial charge < -0.3 is 0 Å². The fraction of sp³-hybridized carbons (Fsp3) is 0.250. The van der Waals surface area contributed by atoms with E-state index in [0.717, 1.165) is 17.1 Å². The minimum absolute atomic E-state index is 0.791. The van der Waals surface area contributed by atoms with Gasteiger partial charge in [-0.2, -0.15) is 0 Å². The average molecular weight is 164 g/mol. The molecule has 0 amide bonds. The van der Waals surface area contributed by atoms with Crippen LogP contribution in [0, 0.1) is 12.3 Å². The Bertz CT molecular complexity index is 240. The van der Waals surface area contributed by atoms with Crippen molar-refractivity contribution in [1.29, 1.82) is 0 Å². The fourth-order valence-electron chi connectivity index (χ4n) is 0.588. The molecule has 1 aromatic heterocycles. The first kappa shape index (κ1) is 8.09. The molecule has 0 atom stereocenters. The molecule has 0 saturated heterocycles. The standard InChI is InChI=1S/C8H8N2S/c1-2-3-4-11-8-5-9-7-10-6-8/h1,5-7H,3-4H2. The number of nitrogens with zero attached hydrogens (tertiary/aromatic N) is 2. The van der Waals surface area contributed by atoms with Crippen LogP contribution in [0.2, 0.25) is 0 Å². The molecule has 3 heteroatoms. The molecule has 0 fully saturated rings. The summed E-state index contributed by atoms with van der Waals surface area (Å²) in [5.41, 5.74) is 0. The highest BCUT2D eigenvalue weighted by molar-refractivity contribution is 7.99. The summed E-state index contributed by atoms with van der Waals surface area (Å²) in [5, 5.41) is 0. The molecule has 0 aliphatic rings. The Morgan fingerprint density at radius 1 is 1.45 bits per heavy atom. The SMILES string of the molecule is C#CCCSc1cncnc1. The predicted octanol–water partition coefficient (Wildman–Crippen LogP) is 1.59. The van der Waals surface area contributed by atoms with Gasteiger partial charge in [-0.1, -0.05) is 0 Å². The van der Waals surface area contributed by atoms with Crippen molar-refractivity contribution < 1.29 is 0 Å². The van der Waals surface area contributed by atoms with Crippen LogP contribution in [-0.2, 0) is 0 Å². The van der Waals surface area contributed by atoms with Crippen LogP contribution in [0.3, 0.4) is 0 Å².